The summed E-state index contributed by atoms with van der Waals surface area (Å²) in [5, 5.41) is 12.2. The van der Waals surface area contributed by atoms with Crippen LogP contribution in [-0.2, 0) is 48.0 Å². The molecule has 1 saturated heterocycles. The summed E-state index contributed by atoms with van der Waals surface area (Å²) in [6.07, 6.45) is 3.40. The molecule has 2 aliphatic carbocycles. The maximum absolute atomic E-state index is 14.9. The molecule has 5 atom stereocenters. The lowest BCUT2D eigenvalue weighted by atomic mass is 9.59. The number of amides is 3. The van der Waals surface area contributed by atoms with Crippen LogP contribution in [-0.4, -0.2) is 111 Å². The fraction of sp³-hybridized carbons (Fsp3) is 0.543. The molecule has 0 bridgehead atoms. The number of ether oxygens (including phenoxy) is 5. The Morgan fingerprint density at radius 2 is 1.67 bits per heavy atom. The van der Waals surface area contributed by atoms with Crippen molar-refractivity contribution in [2.45, 2.75) is 83.5 Å². The average molecular weight is 915 g/mol. The normalized spacial score (nSPS) is 20.4. The Morgan fingerprint density at radius 1 is 0.969 bits per heavy atom. The number of likely N-dealkylation sites (tertiary alicyclic amines) is 1. The van der Waals surface area contributed by atoms with E-state index in [0.717, 1.165) is 53.0 Å². The van der Waals surface area contributed by atoms with Crippen molar-refractivity contribution in [1.82, 2.24) is 15.1 Å². The molecule has 64 heavy (non-hydrogen) atoms. The van der Waals surface area contributed by atoms with Gasteiger partial charge in [0.1, 0.15) is 29.8 Å². The standard InChI is InChI=1S/C46H57ClF2N4O11/c1-29-24-33(11-16-38(29)60-4)28-51(35-12-13-35)44(55)30(2)42-46(26-32-9-7-31(8-10-32)6-5-18-62-41-37(49)15-14-36(48)40(41)47)27-34(43(54)50-17-19-59-3)25-39(46)52(42)45(56)63-22-20-61-21-23-64-53(57)58/h7-11,14-16,24,30,34-35,39,42H,5-6,12-13,17-23,25-28H2,1-4H3,(H,50,54). The summed E-state index contributed by atoms with van der Waals surface area (Å²) in [5.41, 5.74) is 3.15. The number of fused-ring (bicyclic) bond motifs is 1. The van der Waals surface area contributed by atoms with Gasteiger partial charge < -0.3 is 43.6 Å². The number of methoxy groups -OCH3 is 2. The van der Waals surface area contributed by atoms with E-state index in [-0.39, 0.29) is 56.6 Å². The molecule has 3 fully saturated rings. The maximum Gasteiger partial charge on any atom is 0.410 e. The number of nitrogens with zero attached hydrogens (tertiary/aromatic N) is 3. The highest BCUT2D eigenvalue weighted by molar-refractivity contribution is 6.32. The zero-order valence-electron chi connectivity index (χ0n) is 36.7. The first-order valence-corrected chi connectivity index (χ1v) is 22.0. The summed E-state index contributed by atoms with van der Waals surface area (Å²) in [6.45, 7) is 4.42. The van der Waals surface area contributed by atoms with Crippen LogP contribution in [0.2, 0.25) is 5.02 Å². The molecule has 6 rings (SSSR count). The van der Waals surface area contributed by atoms with Crippen LogP contribution in [0, 0.1) is 45.9 Å². The Kier molecular flexibility index (Phi) is 16.6. The van der Waals surface area contributed by atoms with E-state index in [2.05, 4.69) is 10.2 Å². The third-order valence-corrected chi connectivity index (χ3v) is 12.8. The Labute approximate surface area is 376 Å². The smallest absolute Gasteiger partial charge is 0.410 e. The molecule has 2 saturated carbocycles. The molecule has 348 valence electrons. The van der Waals surface area contributed by atoms with Gasteiger partial charge in [0.15, 0.2) is 11.6 Å². The molecular formula is C46H57ClF2N4O11. The van der Waals surface area contributed by atoms with Crippen LogP contribution in [0.5, 0.6) is 11.5 Å². The lowest BCUT2D eigenvalue weighted by molar-refractivity contribution is -0.758. The average Bonchev–Trinajstić information content (AvgIpc) is 4.07. The van der Waals surface area contributed by atoms with Gasteiger partial charge in [-0.05, 0) is 92.3 Å². The predicted octanol–water partition coefficient (Wildman–Crippen LogP) is 6.89. The molecule has 3 aromatic rings. The number of rotatable bonds is 24. The van der Waals surface area contributed by atoms with Crippen molar-refractivity contribution in [3.63, 3.8) is 0 Å². The number of halogens is 3. The van der Waals surface area contributed by atoms with Crippen LogP contribution in [0.25, 0.3) is 0 Å². The monoisotopic (exact) mass is 914 g/mol. The molecule has 3 aromatic carbocycles. The summed E-state index contributed by atoms with van der Waals surface area (Å²) >= 11 is 5.92. The Morgan fingerprint density at radius 3 is 2.36 bits per heavy atom. The quantitative estimate of drug-likeness (QED) is 0.0430. The van der Waals surface area contributed by atoms with Gasteiger partial charge in [0.25, 0.3) is 5.09 Å². The molecule has 15 nitrogen and oxygen atoms in total. The fourth-order valence-corrected chi connectivity index (χ4v) is 9.62. The molecule has 18 heteroatoms. The van der Waals surface area contributed by atoms with Gasteiger partial charge in [0, 0.05) is 43.6 Å². The number of aryl methyl sites for hydroxylation is 2. The Hall–Kier alpha value is -5.26. The van der Waals surface area contributed by atoms with Crippen molar-refractivity contribution in [3.05, 3.63) is 104 Å². The van der Waals surface area contributed by atoms with Crippen LogP contribution in [0.15, 0.2) is 54.6 Å². The number of benzene rings is 3. The molecular weight excluding hydrogens is 858 g/mol. The van der Waals surface area contributed by atoms with E-state index in [1.807, 2.05) is 61.2 Å². The first-order chi connectivity index (χ1) is 30.8. The van der Waals surface area contributed by atoms with Gasteiger partial charge in [0.2, 0.25) is 11.8 Å². The summed E-state index contributed by atoms with van der Waals surface area (Å²) in [4.78, 5) is 61.2. The van der Waals surface area contributed by atoms with Crippen molar-refractivity contribution in [2.75, 3.05) is 60.4 Å². The van der Waals surface area contributed by atoms with Crippen LogP contribution in [0.4, 0.5) is 13.6 Å². The predicted molar refractivity (Wildman–Crippen MR) is 230 cm³/mol. The van der Waals surface area contributed by atoms with Gasteiger partial charge >= 0.3 is 6.09 Å². The minimum Gasteiger partial charge on any atom is -0.496 e. The molecule has 1 aliphatic heterocycles. The lowest BCUT2D eigenvalue weighted by Crippen LogP contribution is -2.74. The highest BCUT2D eigenvalue weighted by Gasteiger charge is 2.69. The SMILES string of the molecule is COCCNC(=O)C1CC2N(C(=O)OCCOCCO[N+](=O)[O-])C(C(C)C(=O)N(Cc3ccc(OC)c(C)c3)C3CC3)C2(Cc2ccc(CCCOc3c(F)ccc(F)c3Cl)cc2)C1. The van der Waals surface area contributed by atoms with E-state index in [1.54, 1.807) is 19.1 Å². The van der Waals surface area contributed by atoms with Gasteiger partial charge in [-0.1, -0.05) is 54.9 Å². The number of carbonyl (C=O) groups is 3. The number of hydrogen-bond donors (Lipinski definition) is 1. The Balaban J connectivity index is 1.24. The number of nitrogens with one attached hydrogen (secondary N) is 1. The highest BCUT2D eigenvalue weighted by atomic mass is 35.5. The Bertz CT molecular complexity index is 2110. The van der Waals surface area contributed by atoms with Crippen molar-refractivity contribution < 1.29 is 56.8 Å². The topological polar surface area (TPSA) is 168 Å². The molecule has 0 spiro atoms. The lowest BCUT2D eigenvalue weighted by Gasteiger charge is -2.62. The summed E-state index contributed by atoms with van der Waals surface area (Å²) < 4.78 is 55.4. The first-order valence-electron chi connectivity index (χ1n) is 21.6. The third-order valence-electron chi connectivity index (χ3n) is 12.4. The van der Waals surface area contributed by atoms with E-state index in [9.17, 15) is 33.3 Å². The first kappa shape index (κ1) is 48.2. The molecule has 1 heterocycles. The zero-order chi connectivity index (χ0) is 46.0. The number of hydrogen-bond acceptors (Lipinski definition) is 11. The molecule has 3 aliphatic rings. The summed E-state index contributed by atoms with van der Waals surface area (Å²) in [5.74, 6) is -2.50. The maximum atomic E-state index is 14.9. The second-order valence-corrected chi connectivity index (χ2v) is 17.1. The van der Waals surface area contributed by atoms with E-state index in [1.165, 1.54) is 0 Å². The van der Waals surface area contributed by atoms with Crippen molar-refractivity contribution in [1.29, 1.82) is 0 Å². The molecule has 3 amide bonds. The number of carbonyl (C=O) groups excluding carboxylic acids is 3. The largest absolute Gasteiger partial charge is 0.496 e. The molecule has 1 N–H and O–H groups in total. The summed E-state index contributed by atoms with van der Waals surface area (Å²) in [6, 6.07) is 14.7. The minimum absolute atomic E-state index is 0.0369. The van der Waals surface area contributed by atoms with Gasteiger partial charge in [0.05, 0.1) is 45.5 Å². The van der Waals surface area contributed by atoms with Gasteiger partial charge in [-0.15, -0.1) is 10.1 Å². The van der Waals surface area contributed by atoms with Crippen molar-refractivity contribution in [3.8, 4) is 11.5 Å². The van der Waals surface area contributed by atoms with Crippen LogP contribution >= 0.6 is 11.6 Å². The second kappa shape index (κ2) is 22.1. The second-order valence-electron chi connectivity index (χ2n) is 16.7. The molecule has 0 aromatic heterocycles. The van der Waals surface area contributed by atoms with E-state index in [0.29, 0.717) is 51.8 Å². The van der Waals surface area contributed by atoms with Crippen molar-refractivity contribution >= 4 is 29.5 Å². The van der Waals surface area contributed by atoms with Crippen LogP contribution < -0.4 is 14.8 Å². The highest BCUT2D eigenvalue weighted by Crippen LogP contribution is 2.61. The molecule has 0 radical (unpaired) electrons. The minimum atomic E-state index is -0.915. The van der Waals surface area contributed by atoms with E-state index < -0.39 is 57.2 Å². The zero-order valence-corrected chi connectivity index (χ0v) is 37.4. The van der Waals surface area contributed by atoms with Gasteiger partial charge in [-0.3, -0.25) is 9.59 Å². The van der Waals surface area contributed by atoms with Crippen molar-refractivity contribution in [2.24, 2.45) is 17.3 Å². The molecule has 5 unspecified atom stereocenters. The fourth-order valence-electron chi connectivity index (χ4n) is 9.41. The van der Waals surface area contributed by atoms with Crippen LogP contribution in [0.3, 0.4) is 0 Å². The van der Waals surface area contributed by atoms with E-state index in [4.69, 9.17) is 35.3 Å². The van der Waals surface area contributed by atoms with Gasteiger partial charge in [-0.25, -0.2) is 13.6 Å². The summed E-state index contributed by atoms with van der Waals surface area (Å²) in [7, 11) is 3.17. The van der Waals surface area contributed by atoms with Gasteiger partial charge in [-0.2, -0.15) is 0 Å². The van der Waals surface area contributed by atoms with Crippen LogP contribution in [0.1, 0.15) is 61.3 Å². The van der Waals surface area contributed by atoms with E-state index >= 15 is 0 Å². The third kappa shape index (κ3) is 11.5.